The van der Waals surface area contributed by atoms with Gasteiger partial charge in [-0.3, -0.25) is 28.9 Å². The van der Waals surface area contributed by atoms with Gasteiger partial charge in [0.1, 0.15) is 17.4 Å². The molecule has 2 aliphatic heterocycles. The molecule has 2 heterocycles. The number of allylic oxidation sites excluding steroid dienone is 1. The minimum Gasteiger partial charge on any atom is -0.460 e. The molecule has 1 fully saturated rings. The van der Waals surface area contributed by atoms with Crippen molar-refractivity contribution >= 4 is 29.5 Å². The van der Waals surface area contributed by atoms with E-state index in [0.717, 1.165) is 10.5 Å². The van der Waals surface area contributed by atoms with Crippen molar-refractivity contribution in [2.75, 3.05) is 0 Å². The maximum absolute atomic E-state index is 12.9. The van der Waals surface area contributed by atoms with E-state index in [9.17, 15) is 24.0 Å². The zero-order valence-electron chi connectivity index (χ0n) is 20.1. The Morgan fingerprint density at radius 2 is 1.74 bits per heavy atom. The molecule has 0 spiro atoms. The standard InChI is InChI=1S/C26H32N2O6/c1-16-9-14-21(23(31)27-16)28-24(32)19-13-11-17(15-20(19)25(28)33)10-12-18(29)7-5-6-8-22(30)34-26(2,3)4/h11,13,15,21H,1,5-10,12,14H2,2-4H3,(H,27,31). The number of piperidine rings is 1. The van der Waals surface area contributed by atoms with E-state index in [1.165, 1.54) is 0 Å². The number of unbranched alkanes of at least 4 members (excludes halogenated alkanes) is 1. The molecule has 3 rings (SSSR count). The van der Waals surface area contributed by atoms with Gasteiger partial charge in [0.2, 0.25) is 5.91 Å². The molecule has 182 valence electrons. The third-order valence-corrected chi connectivity index (χ3v) is 5.82. The molecule has 8 heteroatoms. The highest BCUT2D eigenvalue weighted by Crippen LogP contribution is 2.29. The molecule has 0 aliphatic carbocycles. The number of nitrogens with zero attached hydrogens (tertiary/aromatic N) is 1. The van der Waals surface area contributed by atoms with Gasteiger partial charge in [0.15, 0.2) is 0 Å². The first-order valence-electron chi connectivity index (χ1n) is 11.7. The number of nitrogens with one attached hydrogen (secondary N) is 1. The SMILES string of the molecule is C=C1CCC(N2C(=O)c3ccc(CCC(=O)CCCCC(=O)OC(C)(C)C)cc3C2=O)C(=O)N1. The van der Waals surface area contributed by atoms with E-state index in [4.69, 9.17) is 4.74 Å². The van der Waals surface area contributed by atoms with Crippen molar-refractivity contribution in [2.24, 2.45) is 0 Å². The second-order valence-corrected chi connectivity index (χ2v) is 9.84. The number of hydrogen-bond donors (Lipinski definition) is 1. The van der Waals surface area contributed by atoms with Crippen molar-refractivity contribution in [3.8, 4) is 0 Å². The first-order chi connectivity index (χ1) is 16.0. The van der Waals surface area contributed by atoms with Crippen molar-refractivity contribution in [3.63, 3.8) is 0 Å². The van der Waals surface area contributed by atoms with Crippen LogP contribution in [-0.4, -0.2) is 46.0 Å². The molecule has 0 saturated carbocycles. The van der Waals surface area contributed by atoms with Gasteiger partial charge in [0.05, 0.1) is 11.1 Å². The summed E-state index contributed by atoms with van der Waals surface area (Å²) < 4.78 is 5.25. The smallest absolute Gasteiger partial charge is 0.306 e. The Bertz CT molecular complexity index is 1040. The van der Waals surface area contributed by atoms with Crippen molar-refractivity contribution in [2.45, 2.75) is 83.8 Å². The van der Waals surface area contributed by atoms with E-state index in [1.807, 2.05) is 20.8 Å². The molecule has 1 aromatic rings. The van der Waals surface area contributed by atoms with Gasteiger partial charge in [-0.05, 0) is 70.6 Å². The summed E-state index contributed by atoms with van der Waals surface area (Å²) in [6, 6.07) is 4.14. The van der Waals surface area contributed by atoms with Crippen LogP contribution in [-0.2, 0) is 25.5 Å². The lowest BCUT2D eigenvalue weighted by molar-refractivity contribution is -0.155. The number of Topliss-reactive ketones (excluding diaryl/α,β-unsaturated/α-hetero) is 1. The zero-order valence-corrected chi connectivity index (χ0v) is 20.1. The van der Waals surface area contributed by atoms with Crippen LogP contribution in [0.15, 0.2) is 30.5 Å². The number of ketones is 1. The Labute approximate surface area is 199 Å². The van der Waals surface area contributed by atoms with Gasteiger partial charge in [0.25, 0.3) is 11.8 Å². The molecule has 1 atom stereocenters. The van der Waals surface area contributed by atoms with Crippen LogP contribution in [0.3, 0.4) is 0 Å². The maximum Gasteiger partial charge on any atom is 0.306 e. The fourth-order valence-corrected chi connectivity index (χ4v) is 4.15. The topological polar surface area (TPSA) is 110 Å². The van der Waals surface area contributed by atoms with E-state index >= 15 is 0 Å². The number of imide groups is 1. The first kappa shape index (κ1) is 25.3. The highest BCUT2D eigenvalue weighted by Gasteiger charge is 2.43. The highest BCUT2D eigenvalue weighted by atomic mass is 16.6. The van der Waals surface area contributed by atoms with Crippen LogP contribution in [0.4, 0.5) is 0 Å². The average Bonchev–Trinajstić information content (AvgIpc) is 2.98. The monoisotopic (exact) mass is 468 g/mol. The summed E-state index contributed by atoms with van der Waals surface area (Å²) in [6.07, 6.45) is 3.48. The summed E-state index contributed by atoms with van der Waals surface area (Å²) in [5.41, 5.74) is 1.40. The van der Waals surface area contributed by atoms with Crippen LogP contribution >= 0.6 is 0 Å². The van der Waals surface area contributed by atoms with Gasteiger partial charge in [0, 0.05) is 25.0 Å². The first-order valence-corrected chi connectivity index (χ1v) is 11.7. The molecular weight excluding hydrogens is 436 g/mol. The number of carbonyl (C=O) groups is 5. The van der Waals surface area contributed by atoms with E-state index in [0.29, 0.717) is 50.6 Å². The Kier molecular flexibility index (Phi) is 7.69. The summed E-state index contributed by atoms with van der Waals surface area (Å²) in [7, 11) is 0. The molecular formula is C26H32N2O6. The number of rotatable bonds is 9. The van der Waals surface area contributed by atoms with E-state index in [2.05, 4.69) is 11.9 Å². The number of aryl methyl sites for hydroxylation is 1. The van der Waals surface area contributed by atoms with Crippen molar-refractivity contribution < 1.29 is 28.7 Å². The minimum atomic E-state index is -0.844. The summed E-state index contributed by atoms with van der Waals surface area (Å²) in [4.78, 5) is 63.1. The summed E-state index contributed by atoms with van der Waals surface area (Å²) in [5.74, 6) is -1.54. The number of esters is 1. The zero-order chi connectivity index (χ0) is 25.0. The molecule has 1 unspecified atom stereocenters. The van der Waals surface area contributed by atoms with Gasteiger partial charge in [-0.15, -0.1) is 0 Å². The van der Waals surface area contributed by atoms with Gasteiger partial charge < -0.3 is 10.1 Å². The van der Waals surface area contributed by atoms with Gasteiger partial charge in [-0.25, -0.2) is 0 Å². The highest BCUT2D eigenvalue weighted by molar-refractivity contribution is 6.23. The second-order valence-electron chi connectivity index (χ2n) is 9.84. The van der Waals surface area contributed by atoms with Crippen molar-refractivity contribution in [1.29, 1.82) is 0 Å². The molecule has 1 aromatic carbocycles. The van der Waals surface area contributed by atoms with Crippen molar-refractivity contribution in [3.05, 3.63) is 47.2 Å². The van der Waals surface area contributed by atoms with E-state index in [-0.39, 0.29) is 29.3 Å². The second kappa shape index (κ2) is 10.3. The summed E-state index contributed by atoms with van der Waals surface area (Å²) in [5, 5.41) is 2.61. The Morgan fingerprint density at radius 3 is 2.41 bits per heavy atom. The molecule has 0 aromatic heterocycles. The van der Waals surface area contributed by atoms with Gasteiger partial charge in [-0.1, -0.05) is 12.6 Å². The number of benzene rings is 1. The molecule has 1 N–H and O–H groups in total. The van der Waals surface area contributed by atoms with Crippen LogP contribution in [0.5, 0.6) is 0 Å². The number of hydrogen-bond acceptors (Lipinski definition) is 6. The van der Waals surface area contributed by atoms with Crippen LogP contribution in [0.25, 0.3) is 0 Å². The summed E-state index contributed by atoms with van der Waals surface area (Å²) in [6.45, 7) is 9.18. The van der Waals surface area contributed by atoms with E-state index in [1.54, 1.807) is 18.2 Å². The summed E-state index contributed by atoms with van der Waals surface area (Å²) >= 11 is 0. The molecule has 0 bridgehead atoms. The Balaban J connectivity index is 1.50. The Morgan fingerprint density at radius 1 is 1.06 bits per heavy atom. The van der Waals surface area contributed by atoms with E-state index < -0.39 is 29.4 Å². The third kappa shape index (κ3) is 6.18. The molecule has 3 amide bonds. The lowest BCUT2D eigenvalue weighted by Crippen LogP contribution is -2.51. The van der Waals surface area contributed by atoms with Crippen LogP contribution in [0.2, 0.25) is 0 Å². The van der Waals surface area contributed by atoms with Crippen LogP contribution < -0.4 is 5.32 Å². The Hall–Kier alpha value is -3.29. The lowest BCUT2D eigenvalue weighted by atomic mass is 10.00. The predicted molar refractivity (Wildman–Crippen MR) is 125 cm³/mol. The number of carbonyl (C=O) groups excluding carboxylic acids is 5. The van der Waals surface area contributed by atoms with Gasteiger partial charge >= 0.3 is 5.97 Å². The molecule has 34 heavy (non-hydrogen) atoms. The number of ether oxygens (including phenoxy) is 1. The largest absolute Gasteiger partial charge is 0.460 e. The average molecular weight is 469 g/mol. The quantitative estimate of drug-likeness (QED) is 0.338. The van der Waals surface area contributed by atoms with Crippen LogP contribution in [0.1, 0.15) is 92.0 Å². The molecule has 1 saturated heterocycles. The lowest BCUT2D eigenvalue weighted by Gasteiger charge is -2.29. The fourth-order valence-electron chi connectivity index (χ4n) is 4.15. The van der Waals surface area contributed by atoms with Gasteiger partial charge in [-0.2, -0.15) is 0 Å². The third-order valence-electron chi connectivity index (χ3n) is 5.82. The normalized spacial score (nSPS) is 18.1. The fraction of sp³-hybridized carbons (Fsp3) is 0.500. The molecule has 0 radical (unpaired) electrons. The molecule has 2 aliphatic rings. The van der Waals surface area contributed by atoms with Crippen molar-refractivity contribution in [1.82, 2.24) is 10.2 Å². The minimum absolute atomic E-state index is 0.0767. The predicted octanol–water partition coefficient (Wildman–Crippen LogP) is 3.48. The molecule has 8 nitrogen and oxygen atoms in total. The number of amides is 3. The number of fused-ring (bicyclic) bond motifs is 1. The maximum atomic E-state index is 12.9. The van der Waals surface area contributed by atoms with Crippen LogP contribution in [0, 0.1) is 0 Å².